The maximum atomic E-state index is 10.5. The molecule has 2 aliphatic heterocycles. The number of aromatic nitrogens is 2. The number of aryl methyl sites for hydroxylation is 2. The average Bonchev–Trinajstić information content (AvgIpc) is 3.13. The lowest BCUT2D eigenvalue weighted by molar-refractivity contribution is -0.727. The van der Waals surface area contributed by atoms with Crippen LogP contribution in [0.2, 0.25) is 0 Å². The molecule has 0 saturated carbocycles. The van der Waals surface area contributed by atoms with Gasteiger partial charge in [-0.05, 0) is 60.7 Å². The van der Waals surface area contributed by atoms with Crippen LogP contribution in [0.15, 0.2) is 97.8 Å². The average molecular weight is 579 g/mol. The highest BCUT2D eigenvalue weighted by atomic mass is 15.1. The molecule has 2 atom stereocenters. The Kier molecular flexibility index (Phi) is 6.56. The SMILES string of the molecule is C=C1C2C(CCc3ccccc3-c3cc(-c4ccccc4)cc[n+]31)c1c(C#N)c(C#N)c(C#N)c(C#N)c1-c1ccc(C)c[n+]12. The van der Waals surface area contributed by atoms with Crippen LogP contribution in [0.5, 0.6) is 0 Å². The third-order valence-electron chi connectivity index (χ3n) is 9.15. The van der Waals surface area contributed by atoms with Crippen molar-refractivity contribution in [3.63, 3.8) is 0 Å². The molecule has 0 radical (unpaired) electrons. The summed E-state index contributed by atoms with van der Waals surface area (Å²) in [7, 11) is 0. The van der Waals surface area contributed by atoms with Crippen molar-refractivity contribution in [2.45, 2.75) is 31.7 Å². The van der Waals surface area contributed by atoms with E-state index in [-0.39, 0.29) is 34.2 Å². The summed E-state index contributed by atoms with van der Waals surface area (Å²) in [6, 6.07) is 35.2. The zero-order valence-electron chi connectivity index (χ0n) is 24.6. The Morgan fingerprint density at radius 1 is 0.733 bits per heavy atom. The second kappa shape index (κ2) is 10.7. The van der Waals surface area contributed by atoms with Crippen LogP contribution in [0, 0.1) is 52.2 Å². The number of allylic oxidation sites excluding steroid dienone is 1. The molecule has 0 spiro atoms. The van der Waals surface area contributed by atoms with Crippen molar-refractivity contribution in [1.82, 2.24) is 0 Å². The van der Waals surface area contributed by atoms with Gasteiger partial charge in [-0.25, -0.2) is 0 Å². The Bertz CT molecular complexity index is 2250. The Labute approximate surface area is 261 Å². The van der Waals surface area contributed by atoms with Gasteiger partial charge in [0.2, 0.25) is 23.1 Å². The first-order chi connectivity index (χ1) is 22.0. The molecule has 3 aromatic carbocycles. The fraction of sp³-hybridized carbons (Fsp3) is 0.128. The Morgan fingerprint density at radius 3 is 2.16 bits per heavy atom. The van der Waals surface area contributed by atoms with Crippen molar-refractivity contribution < 1.29 is 9.13 Å². The standard InChI is InChI=1S/C39H26N6/c1-24-12-15-35-38-34(22-43)32(20-41)31(19-40)33(21-42)37(38)30-14-13-27-10-6-7-11-29(27)36-18-28(26-8-4-3-5-9-26)16-17-44(36)25(2)39(30)45(35)23-24/h3-12,15-18,23,30,39H,2,13-14H2,1H3/q+2. The van der Waals surface area contributed by atoms with Gasteiger partial charge in [-0.15, -0.1) is 0 Å². The van der Waals surface area contributed by atoms with Gasteiger partial charge in [-0.3, -0.25) is 0 Å². The van der Waals surface area contributed by atoms with E-state index in [2.05, 4.69) is 82.2 Å². The van der Waals surface area contributed by atoms with E-state index in [9.17, 15) is 21.0 Å². The van der Waals surface area contributed by atoms with E-state index in [4.69, 9.17) is 6.58 Å². The summed E-state index contributed by atoms with van der Waals surface area (Å²) in [4.78, 5) is 0. The van der Waals surface area contributed by atoms with Crippen LogP contribution in [-0.2, 0) is 6.42 Å². The summed E-state index contributed by atoms with van der Waals surface area (Å²) in [5.41, 5.74) is 9.39. The monoisotopic (exact) mass is 578 g/mol. The van der Waals surface area contributed by atoms with Crippen LogP contribution >= 0.6 is 0 Å². The molecular weight excluding hydrogens is 552 g/mol. The summed E-state index contributed by atoms with van der Waals surface area (Å²) >= 11 is 0. The molecule has 7 rings (SSSR count). The molecule has 210 valence electrons. The van der Waals surface area contributed by atoms with Gasteiger partial charge in [-0.1, -0.05) is 48.5 Å². The highest BCUT2D eigenvalue weighted by Gasteiger charge is 2.50. The third-order valence-corrected chi connectivity index (χ3v) is 9.15. The van der Waals surface area contributed by atoms with Crippen molar-refractivity contribution in [2.75, 3.05) is 0 Å². The molecule has 0 fully saturated rings. The van der Waals surface area contributed by atoms with Gasteiger partial charge < -0.3 is 0 Å². The van der Waals surface area contributed by atoms with Crippen LogP contribution < -0.4 is 9.13 Å². The van der Waals surface area contributed by atoms with Crippen molar-refractivity contribution >= 4 is 5.70 Å². The van der Waals surface area contributed by atoms with Gasteiger partial charge in [-0.2, -0.15) is 30.2 Å². The van der Waals surface area contributed by atoms with Gasteiger partial charge in [0.15, 0.2) is 12.4 Å². The number of pyridine rings is 2. The Morgan fingerprint density at radius 2 is 1.42 bits per heavy atom. The van der Waals surface area contributed by atoms with E-state index in [1.807, 2.05) is 49.4 Å². The molecule has 0 aliphatic carbocycles. The number of benzene rings is 3. The minimum Gasteiger partial charge on any atom is -0.192 e. The van der Waals surface area contributed by atoms with Gasteiger partial charge in [0.25, 0.3) is 0 Å². The van der Waals surface area contributed by atoms with E-state index < -0.39 is 0 Å². The van der Waals surface area contributed by atoms with Crippen LogP contribution in [0.1, 0.15) is 57.3 Å². The predicted molar refractivity (Wildman–Crippen MR) is 169 cm³/mol. The first-order valence-corrected chi connectivity index (χ1v) is 14.8. The van der Waals surface area contributed by atoms with Crippen molar-refractivity contribution in [3.8, 4) is 57.9 Å². The lowest BCUT2D eigenvalue weighted by atomic mass is 9.73. The van der Waals surface area contributed by atoms with E-state index >= 15 is 0 Å². The van der Waals surface area contributed by atoms with Crippen molar-refractivity contribution in [3.05, 3.63) is 137 Å². The lowest BCUT2D eigenvalue weighted by Crippen LogP contribution is -2.53. The molecule has 0 amide bonds. The summed E-state index contributed by atoms with van der Waals surface area (Å²) in [6.07, 6.45) is 5.44. The highest BCUT2D eigenvalue weighted by Crippen LogP contribution is 2.49. The van der Waals surface area contributed by atoms with Gasteiger partial charge in [0, 0.05) is 29.3 Å². The number of fused-ring (bicyclic) bond motifs is 9. The zero-order valence-corrected chi connectivity index (χ0v) is 24.6. The van der Waals surface area contributed by atoms with Crippen molar-refractivity contribution in [2.24, 2.45) is 0 Å². The van der Waals surface area contributed by atoms with Crippen LogP contribution in [0.25, 0.3) is 39.3 Å². The van der Waals surface area contributed by atoms with E-state index in [1.165, 1.54) is 0 Å². The number of nitriles is 4. The minimum absolute atomic E-state index is 0.0407. The summed E-state index contributed by atoms with van der Waals surface area (Å²) in [6.45, 7) is 6.73. The first-order valence-electron chi connectivity index (χ1n) is 14.8. The molecule has 45 heavy (non-hydrogen) atoms. The van der Waals surface area contributed by atoms with E-state index in [1.54, 1.807) is 0 Å². The molecule has 5 aromatic rings. The zero-order chi connectivity index (χ0) is 31.2. The molecule has 2 aromatic heterocycles. The third kappa shape index (κ3) is 4.13. The second-order valence-corrected chi connectivity index (χ2v) is 11.5. The predicted octanol–water partition coefficient (Wildman–Crippen LogP) is 6.81. The molecule has 0 saturated heterocycles. The highest BCUT2D eigenvalue weighted by molar-refractivity contribution is 5.82. The van der Waals surface area contributed by atoms with Crippen molar-refractivity contribution in [1.29, 1.82) is 21.0 Å². The normalized spacial score (nSPS) is 15.9. The fourth-order valence-corrected chi connectivity index (χ4v) is 7.19. The molecule has 0 N–H and O–H groups in total. The molecule has 2 aliphatic rings. The molecule has 2 unspecified atom stereocenters. The minimum atomic E-state index is -0.342. The number of nitrogens with zero attached hydrogens (tertiary/aromatic N) is 6. The Balaban J connectivity index is 1.58. The maximum Gasteiger partial charge on any atom is 0.249 e. The Hall–Kier alpha value is -6.34. The second-order valence-electron chi connectivity index (χ2n) is 11.5. The summed E-state index contributed by atoms with van der Waals surface area (Å²) in [5.74, 6) is -0.311. The topological polar surface area (TPSA) is 103 Å². The lowest BCUT2D eigenvalue weighted by Gasteiger charge is -2.31. The van der Waals surface area contributed by atoms with Crippen LogP contribution in [0.4, 0.5) is 0 Å². The summed E-state index contributed by atoms with van der Waals surface area (Å²) in [5, 5.41) is 41.3. The molecule has 4 heterocycles. The largest absolute Gasteiger partial charge is 0.249 e. The quantitative estimate of drug-likeness (QED) is 0.204. The first kappa shape index (κ1) is 27.5. The summed E-state index contributed by atoms with van der Waals surface area (Å²) < 4.78 is 4.29. The molecule has 6 nitrogen and oxygen atoms in total. The smallest absolute Gasteiger partial charge is 0.192 e. The van der Waals surface area contributed by atoms with Crippen LogP contribution in [-0.4, -0.2) is 0 Å². The molecule has 0 bridgehead atoms. The van der Waals surface area contributed by atoms with Gasteiger partial charge in [0.1, 0.15) is 24.3 Å². The van der Waals surface area contributed by atoms with Gasteiger partial charge in [0.05, 0.1) is 33.7 Å². The number of hydrogen-bond donors (Lipinski definition) is 0. The van der Waals surface area contributed by atoms with E-state index in [0.717, 1.165) is 39.2 Å². The number of rotatable bonds is 1. The molecule has 6 heteroatoms. The van der Waals surface area contributed by atoms with E-state index in [0.29, 0.717) is 29.7 Å². The van der Waals surface area contributed by atoms with Gasteiger partial charge >= 0.3 is 0 Å². The fourth-order valence-electron chi connectivity index (χ4n) is 7.19. The van der Waals surface area contributed by atoms with Crippen LogP contribution in [0.3, 0.4) is 0 Å². The number of hydrogen-bond acceptors (Lipinski definition) is 4. The molecular formula is C39H26N6+2. The maximum absolute atomic E-state index is 10.5.